The fourth-order valence-corrected chi connectivity index (χ4v) is 3.82. The number of hydrogen-bond donors (Lipinski definition) is 0. The van der Waals surface area contributed by atoms with Gasteiger partial charge in [-0.1, -0.05) is 0 Å². The molecule has 100 valence electrons. The molecule has 2 aliphatic carbocycles. The Morgan fingerprint density at radius 2 is 0.882 bits per heavy atom. The summed E-state index contributed by atoms with van der Waals surface area (Å²) in [6, 6.07) is 1.85. The minimum absolute atomic E-state index is 0. The number of rotatable bonds is 2. The zero-order valence-corrected chi connectivity index (χ0v) is 14.1. The molecule has 0 aromatic carbocycles. The monoisotopic (exact) mass is 333 g/mol. The Morgan fingerprint density at radius 1 is 0.588 bits per heavy atom. The molecule has 2 aliphatic rings. The van der Waals surface area contributed by atoms with Crippen LogP contribution in [0.2, 0.25) is 0 Å². The van der Waals surface area contributed by atoms with Crippen molar-refractivity contribution < 1.29 is 57.9 Å². The first-order chi connectivity index (χ1) is 6.88. The van der Waals surface area contributed by atoms with Crippen molar-refractivity contribution in [3.05, 3.63) is 0 Å². The van der Waals surface area contributed by atoms with Gasteiger partial charge in [-0.3, -0.25) is 0 Å². The second-order valence-corrected chi connectivity index (χ2v) is 5.80. The predicted octanol–water partition coefficient (Wildman–Crippen LogP) is -5.57. The molecule has 2 saturated carbocycles. The zero-order valence-electron chi connectivity index (χ0n) is 10.3. The fourth-order valence-electron chi connectivity index (χ4n) is 3.02. The molecule has 0 aromatic heterocycles. The Morgan fingerprint density at radius 3 is 1.18 bits per heavy atom. The first kappa shape index (κ1) is 20.9. The van der Waals surface area contributed by atoms with Gasteiger partial charge in [-0.2, -0.15) is 0 Å². The van der Waals surface area contributed by atoms with E-state index in [1.54, 1.807) is 0 Å². The van der Waals surface area contributed by atoms with Crippen LogP contribution in [0, 0.1) is 0 Å². The fraction of sp³-hybridized carbons (Fsp3) is 1.00. The van der Waals surface area contributed by atoms with E-state index in [1.807, 2.05) is 0 Å². The third-order valence-electron chi connectivity index (χ3n) is 3.94. The van der Waals surface area contributed by atoms with Crippen molar-refractivity contribution >= 4 is 0 Å². The van der Waals surface area contributed by atoms with Gasteiger partial charge in [-0.05, 0) is 0 Å². The summed E-state index contributed by atoms with van der Waals surface area (Å²) in [5.74, 6) is 0. The van der Waals surface area contributed by atoms with Crippen LogP contribution in [-0.2, 0) is 20.7 Å². The molecular weight excluding hydrogens is 312 g/mol. The molecule has 2 fully saturated rings. The topological polar surface area (TPSA) is 3.24 Å². The van der Waals surface area contributed by atoms with Crippen molar-refractivity contribution in [2.45, 2.75) is 76.3 Å². The summed E-state index contributed by atoms with van der Waals surface area (Å²) in [5.41, 5.74) is 0. The Balaban J connectivity index is 0. The molecule has 0 radical (unpaired) electrons. The van der Waals surface area contributed by atoms with Gasteiger partial charge in [-0.25, -0.2) is 0 Å². The van der Waals surface area contributed by atoms with Crippen molar-refractivity contribution in [3.8, 4) is 0 Å². The van der Waals surface area contributed by atoms with Crippen molar-refractivity contribution in [2.75, 3.05) is 0 Å². The summed E-state index contributed by atoms with van der Waals surface area (Å²) in [4.78, 5) is 0. The third-order valence-corrected chi connectivity index (χ3v) is 5.08. The molecule has 17 heavy (non-hydrogen) atoms. The van der Waals surface area contributed by atoms with Crippen LogP contribution in [-0.4, -0.2) is 15.5 Å². The maximum absolute atomic E-state index is 2.72. The molecular formula is C12H22Cl3NTi. The van der Waals surface area contributed by atoms with Crippen LogP contribution in [0.5, 0.6) is 0 Å². The zero-order chi connectivity index (χ0) is 9.80. The average molecular weight is 335 g/mol. The van der Waals surface area contributed by atoms with E-state index in [4.69, 9.17) is 0 Å². The summed E-state index contributed by atoms with van der Waals surface area (Å²) in [6.45, 7) is 0. The van der Waals surface area contributed by atoms with Crippen LogP contribution in [0.25, 0.3) is 0 Å². The molecule has 5 heteroatoms. The SMILES string of the molecule is [Cl-].[Cl-].[Cl-].[Ti+3][N](C1CCCCC1)C1CCCCC1. The van der Waals surface area contributed by atoms with Crippen LogP contribution in [0.15, 0.2) is 0 Å². The van der Waals surface area contributed by atoms with Crippen LogP contribution >= 0.6 is 0 Å². The van der Waals surface area contributed by atoms with Gasteiger partial charge in [0, 0.05) is 0 Å². The van der Waals surface area contributed by atoms with Gasteiger partial charge in [0.2, 0.25) is 0 Å². The molecule has 0 bridgehead atoms. The van der Waals surface area contributed by atoms with Crippen LogP contribution in [0.1, 0.15) is 64.2 Å². The van der Waals surface area contributed by atoms with E-state index in [-0.39, 0.29) is 37.2 Å². The molecule has 0 spiro atoms. The van der Waals surface area contributed by atoms with E-state index in [0.29, 0.717) is 0 Å². The number of nitrogens with zero attached hydrogens (tertiary/aromatic N) is 1. The molecule has 0 saturated heterocycles. The Hall–Kier alpha value is 1.54. The van der Waals surface area contributed by atoms with E-state index < -0.39 is 0 Å². The predicted molar refractivity (Wildman–Crippen MR) is 55.6 cm³/mol. The Kier molecular flexibility index (Phi) is 14.0. The maximum atomic E-state index is 2.72. The van der Waals surface area contributed by atoms with Gasteiger partial charge in [-0.15, -0.1) is 0 Å². The van der Waals surface area contributed by atoms with Crippen LogP contribution in [0.3, 0.4) is 0 Å². The van der Waals surface area contributed by atoms with Crippen LogP contribution in [0.4, 0.5) is 0 Å². The van der Waals surface area contributed by atoms with Gasteiger partial charge in [0.1, 0.15) is 0 Å². The Labute approximate surface area is 137 Å². The summed E-state index contributed by atoms with van der Waals surface area (Å²) in [7, 11) is 0. The van der Waals surface area contributed by atoms with Crippen LogP contribution < -0.4 is 37.2 Å². The molecule has 0 heterocycles. The van der Waals surface area contributed by atoms with Crippen molar-refractivity contribution in [1.82, 2.24) is 3.38 Å². The average Bonchev–Trinajstić information content (AvgIpc) is 2.30. The normalized spacial score (nSPS) is 22.3. The van der Waals surface area contributed by atoms with Crippen molar-refractivity contribution in [1.29, 1.82) is 0 Å². The van der Waals surface area contributed by atoms with E-state index >= 15 is 0 Å². The van der Waals surface area contributed by atoms with Gasteiger partial charge in [0.25, 0.3) is 0 Å². The third kappa shape index (κ3) is 6.50. The first-order valence-corrected chi connectivity index (χ1v) is 7.07. The molecule has 0 aliphatic heterocycles. The van der Waals surface area contributed by atoms with Crippen molar-refractivity contribution in [2.24, 2.45) is 0 Å². The van der Waals surface area contributed by atoms with Gasteiger partial charge >= 0.3 is 100 Å². The molecule has 0 unspecified atom stereocenters. The molecule has 0 amide bonds. The summed E-state index contributed by atoms with van der Waals surface area (Å²) >= 11 is 2.38. The van der Waals surface area contributed by atoms with Gasteiger partial charge < -0.3 is 37.2 Å². The van der Waals surface area contributed by atoms with E-state index in [1.165, 1.54) is 64.2 Å². The summed E-state index contributed by atoms with van der Waals surface area (Å²) < 4.78 is 2.72. The molecule has 0 N–H and O–H groups in total. The molecule has 0 atom stereocenters. The van der Waals surface area contributed by atoms with Gasteiger partial charge in [0.15, 0.2) is 0 Å². The molecule has 2 rings (SSSR count). The number of halogens is 3. The summed E-state index contributed by atoms with van der Waals surface area (Å²) in [6.07, 6.45) is 14.7. The molecule has 1 nitrogen and oxygen atoms in total. The second-order valence-electron chi connectivity index (χ2n) is 4.99. The van der Waals surface area contributed by atoms with Gasteiger partial charge in [0.05, 0.1) is 0 Å². The van der Waals surface area contributed by atoms with E-state index in [0.717, 1.165) is 12.1 Å². The molecule has 0 aromatic rings. The van der Waals surface area contributed by atoms with E-state index in [9.17, 15) is 0 Å². The van der Waals surface area contributed by atoms with E-state index in [2.05, 4.69) is 24.1 Å². The minimum atomic E-state index is 0. The summed E-state index contributed by atoms with van der Waals surface area (Å²) in [5, 5.41) is 0. The second kappa shape index (κ2) is 11.4. The number of hydrogen-bond acceptors (Lipinski definition) is 1. The first-order valence-electron chi connectivity index (χ1n) is 6.37. The Bertz CT molecular complexity index is 153. The quantitative estimate of drug-likeness (QED) is 0.456. The van der Waals surface area contributed by atoms with Crippen molar-refractivity contribution in [3.63, 3.8) is 0 Å². The standard InChI is InChI=1S/C12H22N.3ClH.Ti/c1-3-7-11(8-4-1)13-12-9-5-2-6-10-12;;;;/h11-12H,1-10H2;3*1H;/q-1;;;;+4/p-3.